The van der Waals surface area contributed by atoms with Crippen molar-refractivity contribution in [2.45, 2.75) is 4.90 Å². The lowest BCUT2D eigenvalue weighted by atomic mass is 10.1. The van der Waals surface area contributed by atoms with Gasteiger partial charge in [-0.25, -0.2) is 0 Å². The van der Waals surface area contributed by atoms with E-state index in [1.165, 1.54) is 13.2 Å². The number of benzene rings is 2. The Morgan fingerprint density at radius 3 is 2.91 bits per heavy atom. The minimum atomic E-state index is -1.21. The molecule has 0 radical (unpaired) electrons. The Bertz CT molecular complexity index is 829. The first-order valence-corrected chi connectivity index (χ1v) is 8.49. The van der Waals surface area contributed by atoms with Crippen molar-refractivity contribution in [2.75, 3.05) is 13.0 Å². The van der Waals surface area contributed by atoms with Crippen LogP contribution >= 0.6 is 11.6 Å². The number of methoxy groups -OCH3 is 1. The van der Waals surface area contributed by atoms with Gasteiger partial charge in [0.1, 0.15) is 11.5 Å². The number of ketones is 1. The van der Waals surface area contributed by atoms with E-state index in [4.69, 9.17) is 21.1 Å². The maximum absolute atomic E-state index is 12.4. The summed E-state index contributed by atoms with van der Waals surface area (Å²) in [6, 6.07) is 10.4. The van der Waals surface area contributed by atoms with E-state index in [-0.39, 0.29) is 11.7 Å². The average molecular weight is 349 g/mol. The highest BCUT2D eigenvalue weighted by atomic mass is 35.5. The second kappa shape index (κ2) is 6.56. The van der Waals surface area contributed by atoms with Crippen LogP contribution in [0.5, 0.6) is 11.5 Å². The quantitative estimate of drug-likeness (QED) is 0.624. The lowest BCUT2D eigenvalue weighted by molar-refractivity contribution is 0.104. The number of hydrogen-bond acceptors (Lipinski definition) is 4. The van der Waals surface area contributed by atoms with Gasteiger partial charge in [0.05, 0.1) is 28.4 Å². The number of carbonyl (C=O) groups is 1. The van der Waals surface area contributed by atoms with Gasteiger partial charge in [-0.3, -0.25) is 9.00 Å². The Morgan fingerprint density at radius 2 is 2.17 bits per heavy atom. The van der Waals surface area contributed by atoms with Crippen LogP contribution in [-0.4, -0.2) is 23.0 Å². The van der Waals surface area contributed by atoms with Gasteiger partial charge in [-0.2, -0.15) is 0 Å². The molecule has 6 heteroatoms. The summed E-state index contributed by atoms with van der Waals surface area (Å²) < 4.78 is 22.4. The fourth-order valence-electron chi connectivity index (χ4n) is 2.25. The van der Waals surface area contributed by atoms with Gasteiger partial charge >= 0.3 is 0 Å². The first-order chi connectivity index (χ1) is 11.1. The zero-order chi connectivity index (χ0) is 16.4. The van der Waals surface area contributed by atoms with E-state index in [1.54, 1.807) is 30.3 Å². The van der Waals surface area contributed by atoms with Gasteiger partial charge < -0.3 is 9.47 Å². The fourth-order valence-corrected chi connectivity index (χ4v) is 3.39. The van der Waals surface area contributed by atoms with Crippen LogP contribution in [0.2, 0.25) is 5.02 Å². The highest BCUT2D eigenvalue weighted by Gasteiger charge is 2.24. The van der Waals surface area contributed by atoms with Gasteiger partial charge in [0.15, 0.2) is 11.7 Å². The van der Waals surface area contributed by atoms with Gasteiger partial charge in [0.2, 0.25) is 0 Å². The zero-order valence-electron chi connectivity index (χ0n) is 12.2. The maximum atomic E-state index is 12.4. The molecule has 2 aromatic rings. The lowest BCUT2D eigenvalue weighted by Crippen LogP contribution is -2.00. The van der Waals surface area contributed by atoms with Crippen LogP contribution in [0, 0.1) is 0 Å². The second-order valence-electron chi connectivity index (χ2n) is 4.86. The first-order valence-electron chi connectivity index (χ1n) is 6.79. The molecule has 1 unspecified atom stereocenters. The second-order valence-corrected chi connectivity index (χ2v) is 6.66. The molecule has 1 heterocycles. The molecule has 0 bridgehead atoms. The first kappa shape index (κ1) is 15.8. The number of rotatable bonds is 4. The number of ether oxygens (including phenoxy) is 2. The molecule has 118 valence electrons. The molecule has 1 atom stereocenters. The molecular formula is C17H13ClO4S. The third-order valence-electron chi connectivity index (χ3n) is 3.37. The topological polar surface area (TPSA) is 52.6 Å². The predicted octanol–water partition coefficient (Wildman–Crippen LogP) is 3.70. The smallest absolute Gasteiger partial charge is 0.189 e. The van der Waals surface area contributed by atoms with Crippen LogP contribution in [0.25, 0.3) is 6.08 Å². The third kappa shape index (κ3) is 3.30. The summed E-state index contributed by atoms with van der Waals surface area (Å²) in [7, 11) is 0.257. The summed E-state index contributed by atoms with van der Waals surface area (Å²) >= 11 is 5.92. The van der Waals surface area contributed by atoms with Crippen LogP contribution in [0.3, 0.4) is 0 Å². The van der Waals surface area contributed by atoms with Crippen molar-refractivity contribution in [3.05, 3.63) is 58.6 Å². The monoisotopic (exact) mass is 348 g/mol. The summed E-state index contributed by atoms with van der Waals surface area (Å²) in [6.07, 6.45) is 3.13. The summed E-state index contributed by atoms with van der Waals surface area (Å²) in [6.45, 7) is 0. The molecule has 0 N–H and O–H groups in total. The minimum Gasteiger partial charge on any atom is -0.496 e. The number of halogens is 1. The van der Waals surface area contributed by atoms with Crippen LogP contribution in [0.15, 0.2) is 47.4 Å². The van der Waals surface area contributed by atoms with E-state index in [1.807, 2.05) is 12.1 Å². The standard InChI is InChI=1S/C17H13ClO4S/c1-21-15-9-17-16(22-10-23(17)20)8-13(15)14(19)6-5-11-3-2-4-12(18)7-11/h2-9H,10H2,1H3/b6-5+. The molecule has 0 amide bonds. The SMILES string of the molecule is COc1cc2c(cc1C(=O)/C=C/c1cccc(Cl)c1)OCS2=O. The van der Waals surface area contributed by atoms with Crippen molar-refractivity contribution in [3.63, 3.8) is 0 Å². The fraction of sp³-hybridized carbons (Fsp3) is 0.118. The third-order valence-corrected chi connectivity index (χ3v) is 4.75. The van der Waals surface area contributed by atoms with Gasteiger partial charge in [-0.05, 0) is 29.8 Å². The summed E-state index contributed by atoms with van der Waals surface area (Å²) in [5.74, 6) is 0.715. The number of fused-ring (bicyclic) bond motifs is 1. The van der Waals surface area contributed by atoms with Gasteiger partial charge in [0.25, 0.3) is 0 Å². The molecule has 2 aromatic carbocycles. The molecule has 0 saturated heterocycles. The Balaban J connectivity index is 1.92. The lowest BCUT2D eigenvalue weighted by Gasteiger charge is -2.07. The van der Waals surface area contributed by atoms with E-state index in [9.17, 15) is 9.00 Å². The largest absolute Gasteiger partial charge is 0.496 e. The summed E-state index contributed by atoms with van der Waals surface area (Å²) in [4.78, 5) is 13.0. The van der Waals surface area contributed by atoms with Crippen molar-refractivity contribution in [1.29, 1.82) is 0 Å². The van der Waals surface area contributed by atoms with Crippen LogP contribution in [-0.2, 0) is 10.8 Å². The summed E-state index contributed by atoms with van der Waals surface area (Å²) in [5.41, 5.74) is 1.19. The van der Waals surface area contributed by atoms with E-state index in [0.29, 0.717) is 27.0 Å². The average Bonchev–Trinajstić information content (AvgIpc) is 2.92. The van der Waals surface area contributed by atoms with E-state index < -0.39 is 10.8 Å². The van der Waals surface area contributed by atoms with Crippen molar-refractivity contribution < 1.29 is 18.5 Å². The highest BCUT2D eigenvalue weighted by Crippen LogP contribution is 2.35. The number of allylic oxidation sites excluding steroid dienone is 1. The molecule has 3 rings (SSSR count). The van der Waals surface area contributed by atoms with Crippen LogP contribution in [0.1, 0.15) is 15.9 Å². The Hall–Kier alpha value is -2.11. The molecule has 1 aliphatic rings. The van der Waals surface area contributed by atoms with Crippen molar-refractivity contribution in [2.24, 2.45) is 0 Å². The Kier molecular flexibility index (Phi) is 4.50. The molecular weight excluding hydrogens is 336 g/mol. The molecule has 4 nitrogen and oxygen atoms in total. The zero-order valence-corrected chi connectivity index (χ0v) is 13.8. The van der Waals surface area contributed by atoms with Gasteiger partial charge in [-0.1, -0.05) is 29.8 Å². The number of carbonyl (C=O) groups excluding carboxylic acids is 1. The minimum absolute atomic E-state index is 0.106. The molecule has 1 aliphatic heterocycles. The van der Waals surface area contributed by atoms with Gasteiger partial charge in [-0.15, -0.1) is 0 Å². The van der Waals surface area contributed by atoms with Crippen molar-refractivity contribution in [1.82, 2.24) is 0 Å². The van der Waals surface area contributed by atoms with Crippen LogP contribution in [0.4, 0.5) is 0 Å². The number of hydrogen-bond donors (Lipinski definition) is 0. The Morgan fingerprint density at radius 1 is 1.35 bits per heavy atom. The van der Waals surface area contributed by atoms with E-state index >= 15 is 0 Å². The van der Waals surface area contributed by atoms with Crippen LogP contribution < -0.4 is 9.47 Å². The molecule has 23 heavy (non-hydrogen) atoms. The Labute approximate surface area is 141 Å². The summed E-state index contributed by atoms with van der Waals surface area (Å²) in [5, 5.41) is 0.602. The maximum Gasteiger partial charge on any atom is 0.189 e. The van der Waals surface area contributed by atoms with Gasteiger partial charge in [0, 0.05) is 11.1 Å². The molecule has 0 spiro atoms. The molecule has 0 aromatic heterocycles. The normalized spacial score (nSPS) is 16.2. The highest BCUT2D eigenvalue weighted by molar-refractivity contribution is 7.85. The van der Waals surface area contributed by atoms with Crippen molar-refractivity contribution in [3.8, 4) is 11.5 Å². The molecule has 0 fully saturated rings. The molecule has 0 aliphatic carbocycles. The predicted molar refractivity (Wildman–Crippen MR) is 89.7 cm³/mol. The van der Waals surface area contributed by atoms with E-state index in [2.05, 4.69) is 0 Å². The van der Waals surface area contributed by atoms with E-state index in [0.717, 1.165) is 5.56 Å². The molecule has 0 saturated carbocycles. The van der Waals surface area contributed by atoms with Crippen molar-refractivity contribution >= 4 is 34.3 Å².